The van der Waals surface area contributed by atoms with Crippen LogP contribution in [0.25, 0.3) is 11.3 Å². The van der Waals surface area contributed by atoms with E-state index in [1.54, 1.807) is 6.20 Å². The zero-order chi connectivity index (χ0) is 46.6. The molecule has 6 aliphatic carbocycles. The maximum atomic E-state index is 15.6. The molecule has 354 valence electrons. The van der Waals surface area contributed by atoms with Crippen LogP contribution in [0.15, 0.2) is 73.2 Å². The molecule has 10 rings (SSSR count). The number of ether oxygens (including phenoxy) is 2. The zero-order valence-corrected chi connectivity index (χ0v) is 41.2. The van der Waals surface area contributed by atoms with E-state index in [1.807, 2.05) is 68.7 Å². The van der Waals surface area contributed by atoms with Crippen molar-refractivity contribution in [1.29, 1.82) is 0 Å². The number of hydrogen-bond acceptors (Lipinski definition) is 7. The second-order valence-corrected chi connectivity index (χ2v) is 24.5. The number of nitrogens with one attached hydrogen (secondary N) is 1. The van der Waals surface area contributed by atoms with Crippen molar-refractivity contribution in [3.63, 3.8) is 0 Å². The van der Waals surface area contributed by atoms with Gasteiger partial charge in [0.15, 0.2) is 0 Å². The topological polar surface area (TPSA) is 114 Å². The van der Waals surface area contributed by atoms with Crippen molar-refractivity contribution in [1.82, 2.24) is 19.9 Å². The van der Waals surface area contributed by atoms with Crippen LogP contribution in [0, 0.1) is 73.9 Å². The Hall–Kier alpha value is -4.27. The van der Waals surface area contributed by atoms with Gasteiger partial charge in [-0.1, -0.05) is 91.0 Å². The van der Waals surface area contributed by atoms with Gasteiger partial charge < -0.3 is 19.4 Å². The van der Waals surface area contributed by atoms with E-state index in [0.717, 1.165) is 99.8 Å². The summed E-state index contributed by atoms with van der Waals surface area (Å²) in [5.74, 6) is 2.34. The minimum Gasteiger partial charge on any atom is -0.462 e. The van der Waals surface area contributed by atoms with E-state index in [1.165, 1.54) is 12.0 Å². The van der Waals surface area contributed by atoms with Crippen molar-refractivity contribution in [2.75, 3.05) is 6.54 Å². The molecule has 9 nitrogen and oxygen atoms in total. The lowest BCUT2D eigenvalue weighted by Crippen LogP contribution is -2.67. The number of amides is 1. The van der Waals surface area contributed by atoms with Crippen LogP contribution in [-0.2, 0) is 30.5 Å². The van der Waals surface area contributed by atoms with Crippen molar-refractivity contribution in [2.24, 2.45) is 73.9 Å². The molecule has 0 bridgehead atoms. The fraction of sp³-hybridized carbons (Fsp3) is 0.667. The number of imidazole rings is 1. The average molecular weight is 897 g/mol. The van der Waals surface area contributed by atoms with Crippen LogP contribution in [0.5, 0.6) is 0 Å². The fourth-order valence-electron chi connectivity index (χ4n) is 17.2. The molecule has 1 amide bonds. The molecule has 1 N–H and O–H groups in total. The summed E-state index contributed by atoms with van der Waals surface area (Å²) in [6.45, 7) is 24.6. The highest BCUT2D eigenvalue weighted by atomic mass is 16.5. The van der Waals surface area contributed by atoms with E-state index in [2.05, 4.69) is 63.0 Å². The van der Waals surface area contributed by atoms with Gasteiger partial charge in [0.2, 0.25) is 5.91 Å². The first-order valence-corrected chi connectivity index (χ1v) is 25.7. The Labute approximate surface area is 394 Å². The van der Waals surface area contributed by atoms with Crippen molar-refractivity contribution < 1.29 is 23.9 Å². The number of carbonyl (C=O) groups is 3. The number of allylic oxidation sites excluding steroid dienone is 1. The number of fused-ring (bicyclic) bond motifs is 7. The number of aromatic nitrogens is 3. The summed E-state index contributed by atoms with van der Waals surface area (Å²) in [5, 5.41) is 0. The number of carbonyl (C=O) groups excluding carboxylic acids is 3. The predicted octanol–water partition coefficient (Wildman–Crippen LogP) is 12.1. The number of hydrogen-bond donors (Lipinski definition) is 1. The van der Waals surface area contributed by atoms with Crippen molar-refractivity contribution in [3.05, 3.63) is 84.6 Å². The summed E-state index contributed by atoms with van der Waals surface area (Å²) in [7, 11) is 0. The smallest absolute Gasteiger partial charge is 0.309 e. The molecule has 13 atom stereocenters. The molecule has 7 fully saturated rings. The molecule has 3 heterocycles. The molecule has 2 unspecified atom stereocenters. The second kappa shape index (κ2) is 16.2. The maximum Gasteiger partial charge on any atom is 0.309 e. The van der Waals surface area contributed by atoms with E-state index in [4.69, 9.17) is 14.5 Å². The maximum absolute atomic E-state index is 15.6. The van der Waals surface area contributed by atoms with E-state index < -0.39 is 5.41 Å². The van der Waals surface area contributed by atoms with Crippen LogP contribution in [0.3, 0.4) is 0 Å². The Kier molecular flexibility index (Phi) is 11.2. The van der Waals surface area contributed by atoms with Crippen LogP contribution in [-0.4, -0.2) is 50.3 Å². The normalized spacial score (nSPS) is 39.6. The first kappa shape index (κ1) is 45.5. The van der Waals surface area contributed by atoms with Crippen LogP contribution in [0.4, 0.5) is 0 Å². The first-order valence-electron chi connectivity index (χ1n) is 25.7. The minimum absolute atomic E-state index is 0.0394. The lowest BCUT2D eigenvalue weighted by atomic mass is 9.32. The highest BCUT2D eigenvalue weighted by molar-refractivity contribution is 5.85. The molecule has 0 radical (unpaired) electrons. The lowest BCUT2D eigenvalue weighted by Gasteiger charge is -2.73. The van der Waals surface area contributed by atoms with Gasteiger partial charge in [-0.25, -0.2) is 4.98 Å². The first-order chi connectivity index (χ1) is 31.4. The van der Waals surface area contributed by atoms with Gasteiger partial charge in [0.05, 0.1) is 35.2 Å². The van der Waals surface area contributed by atoms with Gasteiger partial charge in [0.1, 0.15) is 18.5 Å². The standard InChI is InChI=1S/C57H76N4O5/c1-35(2)38-21-26-57(51(64)61-30-14-18-43(61)48-59-33-42(60-48)37-17-13-29-58-32-37)28-27-55(8)39(47(38)57)19-20-45-54(7)24-23-46(53(5,6)44(54)22-25-56(45,55)9)66-50(63)41-31-40(52(41,3)4)49(62)65-34-36-15-11-10-12-16-36/h10-13,15-17,29,32-33,38-41,43-47H,1,14,18-28,30-31,34H2,2-9H3,(H,59,60)/t38-,39+,40?,41?,43-,44-,45+,46-,47+,54-,55+,56+,57-/m0/s1. The number of aromatic amines is 1. The van der Waals surface area contributed by atoms with Gasteiger partial charge in [-0.15, -0.1) is 0 Å². The highest BCUT2D eigenvalue weighted by Gasteiger charge is 2.72. The summed E-state index contributed by atoms with van der Waals surface area (Å²) in [5.41, 5.74) is 3.43. The van der Waals surface area contributed by atoms with E-state index in [9.17, 15) is 9.59 Å². The number of pyridine rings is 1. The van der Waals surface area contributed by atoms with E-state index >= 15 is 4.79 Å². The molecule has 9 heteroatoms. The van der Waals surface area contributed by atoms with Gasteiger partial charge in [0, 0.05) is 29.9 Å². The zero-order valence-electron chi connectivity index (χ0n) is 41.2. The highest BCUT2D eigenvalue weighted by Crippen LogP contribution is 2.78. The van der Waals surface area contributed by atoms with Gasteiger partial charge >= 0.3 is 11.9 Å². The van der Waals surface area contributed by atoms with Crippen molar-refractivity contribution in [2.45, 2.75) is 158 Å². The second-order valence-electron chi connectivity index (χ2n) is 24.5. The molecule has 7 aliphatic rings. The van der Waals surface area contributed by atoms with Crippen LogP contribution >= 0.6 is 0 Å². The molecule has 0 spiro atoms. The van der Waals surface area contributed by atoms with E-state index in [-0.39, 0.29) is 69.6 Å². The molecule has 1 saturated heterocycles. The number of benzene rings is 1. The van der Waals surface area contributed by atoms with Crippen LogP contribution in [0.1, 0.15) is 156 Å². The lowest BCUT2D eigenvalue weighted by molar-refractivity contribution is -0.251. The predicted molar refractivity (Wildman–Crippen MR) is 256 cm³/mol. The van der Waals surface area contributed by atoms with Crippen molar-refractivity contribution >= 4 is 17.8 Å². The Balaban J connectivity index is 0.849. The average Bonchev–Trinajstić information content (AvgIpc) is 4.07. The quantitative estimate of drug-likeness (QED) is 0.168. The number of esters is 2. The number of H-pyrrole nitrogens is 1. The Morgan fingerprint density at radius 1 is 0.788 bits per heavy atom. The third-order valence-corrected chi connectivity index (χ3v) is 21.1. The fourth-order valence-corrected chi connectivity index (χ4v) is 17.2. The van der Waals surface area contributed by atoms with Crippen LogP contribution < -0.4 is 0 Å². The number of rotatable bonds is 9. The van der Waals surface area contributed by atoms with Crippen LogP contribution in [0.2, 0.25) is 0 Å². The Morgan fingerprint density at radius 3 is 2.29 bits per heavy atom. The number of likely N-dealkylation sites (tertiary alicyclic amines) is 1. The Morgan fingerprint density at radius 2 is 1.56 bits per heavy atom. The summed E-state index contributed by atoms with van der Waals surface area (Å²) >= 11 is 0. The molecular weight excluding hydrogens is 821 g/mol. The molecule has 1 aliphatic heterocycles. The van der Waals surface area contributed by atoms with Gasteiger partial charge in [-0.2, -0.15) is 0 Å². The minimum atomic E-state index is -0.524. The third kappa shape index (κ3) is 6.75. The molecule has 66 heavy (non-hydrogen) atoms. The molecule has 2 aromatic heterocycles. The summed E-state index contributed by atoms with van der Waals surface area (Å²) < 4.78 is 12.4. The van der Waals surface area contributed by atoms with E-state index in [0.29, 0.717) is 41.9 Å². The third-order valence-electron chi connectivity index (χ3n) is 21.1. The number of nitrogens with zero attached hydrogens (tertiary/aromatic N) is 3. The summed E-state index contributed by atoms with van der Waals surface area (Å²) in [4.78, 5) is 58.0. The van der Waals surface area contributed by atoms with Gasteiger partial charge in [-0.3, -0.25) is 19.4 Å². The SMILES string of the molecule is C=C(C)[C@@H]1CC[C@]2(C(=O)N3CCC[C@H]3c3ncc(-c4cccnc4)[nH]3)CC[C@]3(C)[C@H](CC[C@@H]4[C@@]5(C)CC[C@H](OC(=O)C6CC(C(=O)OCc7ccccc7)C6(C)C)C(C)(C)[C@@H]5CC[C@]43C)[C@@H]12. The molecule has 3 aromatic rings. The van der Waals surface area contributed by atoms with Crippen molar-refractivity contribution in [3.8, 4) is 11.3 Å². The Bertz CT molecular complexity index is 2360. The largest absolute Gasteiger partial charge is 0.462 e. The monoisotopic (exact) mass is 897 g/mol. The summed E-state index contributed by atoms with van der Waals surface area (Å²) in [6, 6.07) is 13.7. The molecule has 6 saturated carbocycles. The molecular formula is C57H76N4O5. The van der Waals surface area contributed by atoms with Gasteiger partial charge in [-0.05, 0) is 159 Å². The van der Waals surface area contributed by atoms with Gasteiger partial charge in [0.25, 0.3) is 0 Å². The molecule has 1 aromatic carbocycles. The summed E-state index contributed by atoms with van der Waals surface area (Å²) in [6.07, 6.45) is 18.4.